The zero-order valence-corrected chi connectivity index (χ0v) is 14.6. The average molecular weight is 362 g/mol. The number of carbonyl (C=O) groups excluding carboxylic acids is 1. The number of nitrogens with zero attached hydrogens (tertiary/aromatic N) is 2. The van der Waals surface area contributed by atoms with Crippen LogP contribution in [0, 0.1) is 0 Å². The number of Topliss-reactive ketones (excluding diaryl/α,β-unsaturated/α-hetero) is 1. The lowest BCUT2D eigenvalue weighted by molar-refractivity contribution is -0.121. The normalized spacial score (nSPS) is 18.9. The van der Waals surface area contributed by atoms with E-state index in [1.807, 2.05) is 54.6 Å². The molecule has 26 heavy (non-hydrogen) atoms. The minimum atomic E-state index is -1.43. The Morgan fingerprint density at radius 3 is 2.50 bits per heavy atom. The predicted molar refractivity (Wildman–Crippen MR) is 104 cm³/mol. The summed E-state index contributed by atoms with van der Waals surface area (Å²) in [4.78, 5) is 12.8. The van der Waals surface area contributed by atoms with E-state index in [4.69, 9.17) is 17.3 Å². The maximum Gasteiger partial charge on any atom is 0.209 e. The van der Waals surface area contributed by atoms with Gasteiger partial charge in [-0.3, -0.25) is 10.5 Å². The van der Waals surface area contributed by atoms with E-state index in [-0.39, 0.29) is 12.2 Å². The fraction of sp³-hybridized carbons (Fsp3) is 0.0952. The minimum Gasteiger partial charge on any atom is -0.296 e. The molecule has 0 spiro atoms. The molecule has 3 aromatic carbocycles. The van der Waals surface area contributed by atoms with Crippen molar-refractivity contribution in [3.05, 3.63) is 89.0 Å². The summed E-state index contributed by atoms with van der Waals surface area (Å²) in [7, 11) is 0. The third-order valence-corrected chi connectivity index (χ3v) is 4.70. The summed E-state index contributed by atoms with van der Waals surface area (Å²) in [5.74, 6) is -0.194. The van der Waals surface area contributed by atoms with E-state index in [2.05, 4.69) is 10.2 Å². The van der Waals surface area contributed by atoms with Crippen LogP contribution in [0.2, 0.25) is 5.02 Å². The average Bonchev–Trinajstić information content (AvgIpc) is 3.06. The number of fused-ring (bicyclic) bond motifs is 1. The Morgan fingerprint density at radius 1 is 1.00 bits per heavy atom. The fourth-order valence-corrected chi connectivity index (χ4v) is 3.10. The van der Waals surface area contributed by atoms with Crippen molar-refractivity contribution in [2.45, 2.75) is 12.1 Å². The molecule has 1 unspecified atom stereocenters. The highest BCUT2D eigenvalue weighted by molar-refractivity contribution is 6.30. The zero-order chi connectivity index (χ0) is 18.1. The van der Waals surface area contributed by atoms with Gasteiger partial charge in [0.25, 0.3) is 0 Å². The molecule has 1 aliphatic rings. The second-order valence-corrected chi connectivity index (χ2v) is 6.78. The molecule has 0 bridgehead atoms. The molecule has 4 nitrogen and oxygen atoms in total. The Bertz CT molecular complexity index is 1060. The molecule has 0 saturated carbocycles. The van der Waals surface area contributed by atoms with Gasteiger partial charge in [-0.05, 0) is 34.5 Å². The number of halogens is 1. The molecule has 1 atom stereocenters. The van der Waals surface area contributed by atoms with Crippen LogP contribution in [0.15, 0.2) is 83.0 Å². The van der Waals surface area contributed by atoms with Gasteiger partial charge in [0.05, 0.1) is 5.70 Å². The number of rotatable bonds is 4. The molecule has 4 rings (SSSR count). The monoisotopic (exact) mass is 361 g/mol. The van der Waals surface area contributed by atoms with Gasteiger partial charge in [0.1, 0.15) is 0 Å². The first-order valence-electron chi connectivity index (χ1n) is 8.25. The van der Waals surface area contributed by atoms with Crippen LogP contribution in [0.4, 0.5) is 0 Å². The van der Waals surface area contributed by atoms with E-state index >= 15 is 0 Å². The van der Waals surface area contributed by atoms with E-state index in [0.717, 1.165) is 21.9 Å². The first kappa shape index (κ1) is 16.6. The lowest BCUT2D eigenvalue weighted by Gasteiger charge is -2.15. The molecule has 0 aliphatic carbocycles. The van der Waals surface area contributed by atoms with E-state index in [1.54, 1.807) is 18.2 Å². The molecule has 0 amide bonds. The Balaban J connectivity index is 1.57. The number of hydrogen-bond acceptors (Lipinski definition) is 4. The van der Waals surface area contributed by atoms with Gasteiger partial charge in [-0.25, -0.2) is 0 Å². The third-order valence-electron chi connectivity index (χ3n) is 4.45. The molecular formula is C21H16ClN3O. The highest BCUT2D eigenvalue weighted by atomic mass is 35.5. The maximum atomic E-state index is 12.8. The van der Waals surface area contributed by atoms with Crippen LogP contribution in [-0.4, -0.2) is 11.4 Å². The van der Waals surface area contributed by atoms with Crippen LogP contribution >= 0.6 is 11.6 Å². The molecule has 1 heterocycles. The van der Waals surface area contributed by atoms with Gasteiger partial charge in [0.2, 0.25) is 5.66 Å². The van der Waals surface area contributed by atoms with Crippen LogP contribution in [0.5, 0.6) is 0 Å². The molecule has 0 saturated heterocycles. The van der Waals surface area contributed by atoms with Crippen molar-refractivity contribution in [2.24, 2.45) is 16.0 Å². The van der Waals surface area contributed by atoms with Crippen molar-refractivity contribution >= 4 is 33.9 Å². The number of benzene rings is 3. The van der Waals surface area contributed by atoms with Gasteiger partial charge in [-0.2, -0.15) is 10.2 Å². The molecule has 1 aliphatic heterocycles. The van der Waals surface area contributed by atoms with Gasteiger partial charge in [-0.15, -0.1) is 0 Å². The number of hydrogen-bond donors (Lipinski definition) is 1. The van der Waals surface area contributed by atoms with Crippen molar-refractivity contribution in [2.75, 3.05) is 0 Å². The highest BCUT2D eigenvalue weighted by Gasteiger charge is 2.35. The molecule has 5 heteroatoms. The number of carbonyl (C=O) groups is 1. The zero-order valence-electron chi connectivity index (χ0n) is 13.9. The van der Waals surface area contributed by atoms with E-state index in [9.17, 15) is 4.79 Å². The summed E-state index contributed by atoms with van der Waals surface area (Å²) in [6, 6.07) is 21.2. The summed E-state index contributed by atoms with van der Waals surface area (Å²) in [5, 5.41) is 11.0. The van der Waals surface area contributed by atoms with Crippen molar-refractivity contribution in [3.63, 3.8) is 0 Å². The second kappa shape index (κ2) is 6.48. The van der Waals surface area contributed by atoms with E-state index in [1.165, 1.54) is 0 Å². The predicted octanol–water partition coefficient (Wildman–Crippen LogP) is 4.77. The molecule has 3 aromatic rings. The number of azo groups is 1. The van der Waals surface area contributed by atoms with Crippen LogP contribution in [0.1, 0.15) is 11.1 Å². The van der Waals surface area contributed by atoms with E-state index < -0.39 is 5.66 Å². The SMILES string of the molecule is NC1(C(=O)Cc2ccc3ccccc3c2)C=C(c2ccc(Cl)cc2)N=N1. The molecule has 128 valence electrons. The van der Waals surface area contributed by atoms with Crippen LogP contribution < -0.4 is 5.73 Å². The number of nitrogens with two attached hydrogens (primary N) is 1. The Labute approximate surface area is 156 Å². The Kier molecular flexibility index (Phi) is 4.15. The maximum absolute atomic E-state index is 12.8. The smallest absolute Gasteiger partial charge is 0.209 e. The summed E-state index contributed by atoms with van der Waals surface area (Å²) in [5.41, 5.74) is 7.09. The standard InChI is InChI=1S/C21H16ClN3O/c22-18-9-7-16(8-10-18)19-13-21(23,25-24-19)20(26)12-14-5-6-15-3-1-2-4-17(15)11-14/h1-11,13H,12,23H2. The Hall–Kier alpha value is -2.82. The van der Waals surface area contributed by atoms with Crippen molar-refractivity contribution in [1.29, 1.82) is 0 Å². The number of ketones is 1. The summed E-state index contributed by atoms with van der Waals surface area (Å²) in [6.07, 6.45) is 1.81. The quantitative estimate of drug-likeness (QED) is 0.727. The first-order valence-corrected chi connectivity index (χ1v) is 8.63. The van der Waals surface area contributed by atoms with Gasteiger partial charge < -0.3 is 0 Å². The van der Waals surface area contributed by atoms with Gasteiger partial charge in [-0.1, -0.05) is 66.2 Å². The van der Waals surface area contributed by atoms with Gasteiger partial charge >= 0.3 is 0 Å². The highest BCUT2D eigenvalue weighted by Crippen LogP contribution is 2.29. The fourth-order valence-electron chi connectivity index (χ4n) is 2.98. The Morgan fingerprint density at radius 2 is 1.73 bits per heavy atom. The molecule has 2 N–H and O–H groups in total. The van der Waals surface area contributed by atoms with Crippen molar-refractivity contribution < 1.29 is 4.79 Å². The lowest BCUT2D eigenvalue weighted by Crippen LogP contribution is -2.43. The topological polar surface area (TPSA) is 67.8 Å². The summed E-state index contributed by atoms with van der Waals surface area (Å²) in [6.45, 7) is 0. The molecule has 0 fully saturated rings. The molecular weight excluding hydrogens is 346 g/mol. The largest absolute Gasteiger partial charge is 0.296 e. The van der Waals surface area contributed by atoms with Crippen LogP contribution in [0.25, 0.3) is 16.5 Å². The third kappa shape index (κ3) is 3.17. The van der Waals surface area contributed by atoms with Crippen molar-refractivity contribution in [1.82, 2.24) is 0 Å². The summed E-state index contributed by atoms with van der Waals surface area (Å²) < 4.78 is 0. The van der Waals surface area contributed by atoms with Crippen LogP contribution in [-0.2, 0) is 11.2 Å². The van der Waals surface area contributed by atoms with E-state index in [0.29, 0.717) is 10.7 Å². The molecule has 0 aromatic heterocycles. The minimum absolute atomic E-state index is 0.194. The van der Waals surface area contributed by atoms with Crippen LogP contribution in [0.3, 0.4) is 0 Å². The second-order valence-electron chi connectivity index (χ2n) is 6.34. The van der Waals surface area contributed by atoms with Gasteiger partial charge in [0.15, 0.2) is 5.78 Å². The van der Waals surface area contributed by atoms with Crippen molar-refractivity contribution in [3.8, 4) is 0 Å². The molecule has 0 radical (unpaired) electrons. The lowest BCUT2D eigenvalue weighted by atomic mass is 9.96. The summed E-state index contributed by atoms with van der Waals surface area (Å²) >= 11 is 5.90. The first-order chi connectivity index (χ1) is 12.5. The van der Waals surface area contributed by atoms with Gasteiger partial charge in [0, 0.05) is 17.0 Å².